The van der Waals surface area contributed by atoms with Gasteiger partial charge in [0.05, 0.1) is 12.0 Å². The van der Waals surface area contributed by atoms with Crippen LogP contribution in [-0.2, 0) is 21.2 Å². The van der Waals surface area contributed by atoms with Crippen LogP contribution < -0.4 is 14.8 Å². The van der Waals surface area contributed by atoms with Gasteiger partial charge in [-0.1, -0.05) is 12.1 Å². The van der Waals surface area contributed by atoms with Crippen molar-refractivity contribution in [1.29, 1.82) is 0 Å². The Balaban J connectivity index is 1.58. The van der Waals surface area contributed by atoms with Crippen molar-refractivity contribution in [2.75, 3.05) is 46.2 Å². The molecule has 0 aliphatic carbocycles. The average Bonchev–Trinajstić information content (AvgIpc) is 2.83. The molecule has 0 saturated carbocycles. The van der Waals surface area contributed by atoms with Crippen LogP contribution in [0.15, 0.2) is 60.0 Å². The molecule has 1 amide bonds. The van der Waals surface area contributed by atoms with E-state index in [0.29, 0.717) is 23.6 Å². The van der Waals surface area contributed by atoms with E-state index >= 15 is 0 Å². The van der Waals surface area contributed by atoms with Gasteiger partial charge in [-0.2, -0.15) is 4.31 Å². The Morgan fingerprint density at radius 1 is 1.18 bits per heavy atom. The summed E-state index contributed by atoms with van der Waals surface area (Å²) in [5.74, 6) is 0.635. The summed E-state index contributed by atoms with van der Waals surface area (Å²) in [6.07, 6.45) is 4.12. The number of hydrogen-bond donors (Lipinski definition) is 1. The Morgan fingerprint density at radius 2 is 1.85 bits per heavy atom. The molecule has 9 heteroatoms. The summed E-state index contributed by atoms with van der Waals surface area (Å²) in [5.41, 5.74) is 1.52. The molecule has 0 bridgehead atoms. The van der Waals surface area contributed by atoms with Crippen molar-refractivity contribution < 1.29 is 22.7 Å². The summed E-state index contributed by atoms with van der Waals surface area (Å²) in [6, 6.07) is 11.7. The molecule has 1 heterocycles. The van der Waals surface area contributed by atoms with E-state index in [9.17, 15) is 13.2 Å². The van der Waals surface area contributed by atoms with Gasteiger partial charge >= 0.3 is 0 Å². The van der Waals surface area contributed by atoms with E-state index in [1.165, 1.54) is 16.4 Å². The molecular formula is C25H33N3O5S. The number of benzene rings is 2. The summed E-state index contributed by atoms with van der Waals surface area (Å²) in [4.78, 5) is 14.8. The average molecular weight is 488 g/mol. The molecule has 8 nitrogen and oxygen atoms in total. The van der Waals surface area contributed by atoms with E-state index in [0.717, 1.165) is 31.5 Å². The fraction of sp³-hybridized carbons (Fsp3) is 0.400. The van der Waals surface area contributed by atoms with Crippen LogP contribution in [-0.4, -0.2) is 70.5 Å². The normalized spacial score (nSPS) is 15.2. The number of hydrogen-bond acceptors (Lipinski definition) is 6. The van der Waals surface area contributed by atoms with Gasteiger partial charge in [-0.15, -0.1) is 6.58 Å². The van der Waals surface area contributed by atoms with Crippen LogP contribution in [0.5, 0.6) is 11.5 Å². The van der Waals surface area contributed by atoms with Gasteiger partial charge in [0.15, 0.2) is 18.1 Å². The van der Waals surface area contributed by atoms with Gasteiger partial charge in [-0.05, 0) is 81.4 Å². The zero-order chi connectivity index (χ0) is 24.7. The Morgan fingerprint density at radius 3 is 2.47 bits per heavy atom. The van der Waals surface area contributed by atoms with E-state index in [2.05, 4.69) is 16.8 Å². The highest BCUT2D eigenvalue weighted by Crippen LogP contribution is 2.28. The second-order valence-corrected chi connectivity index (χ2v) is 10.4. The number of sulfonamides is 1. The highest BCUT2D eigenvalue weighted by Gasteiger charge is 2.30. The lowest BCUT2D eigenvalue weighted by atomic mass is 10.1. The zero-order valence-electron chi connectivity index (χ0n) is 20.0. The first-order valence-corrected chi connectivity index (χ1v) is 12.7. The molecule has 1 aliphatic heterocycles. The third kappa shape index (κ3) is 6.37. The van der Waals surface area contributed by atoms with Crippen LogP contribution in [0.4, 0.5) is 5.69 Å². The number of methoxy groups -OCH3 is 1. The van der Waals surface area contributed by atoms with Gasteiger partial charge < -0.3 is 19.7 Å². The smallest absolute Gasteiger partial charge is 0.262 e. The van der Waals surface area contributed by atoms with Crippen molar-refractivity contribution in [3.8, 4) is 11.5 Å². The maximum atomic E-state index is 13.0. The summed E-state index contributed by atoms with van der Waals surface area (Å²) >= 11 is 0. The molecular weight excluding hydrogens is 454 g/mol. The number of anilines is 1. The first-order chi connectivity index (χ1) is 16.2. The summed E-state index contributed by atoms with van der Waals surface area (Å²) < 4.78 is 38.5. The number of rotatable bonds is 10. The Bertz CT molecular complexity index is 1090. The van der Waals surface area contributed by atoms with E-state index < -0.39 is 10.0 Å². The van der Waals surface area contributed by atoms with Gasteiger partial charge in [-0.3, -0.25) is 4.79 Å². The standard InChI is InChI=1S/C25H33N3O5S/c1-5-6-19-7-12-23(24(17-19)32-4)33-18-25(29)26-20-8-10-22(11-9-20)34(30,31)28(3)21-13-15-27(2)16-14-21/h5,7-12,17,21H,1,6,13-16,18H2,2-4H3,(H,26,29). The topological polar surface area (TPSA) is 88.2 Å². The minimum Gasteiger partial charge on any atom is -0.493 e. The summed E-state index contributed by atoms with van der Waals surface area (Å²) in [7, 11) is 1.61. The van der Waals surface area contributed by atoms with E-state index in [4.69, 9.17) is 9.47 Å². The third-order valence-corrected chi connectivity index (χ3v) is 7.91. The van der Waals surface area contributed by atoms with Gasteiger partial charge in [0.1, 0.15) is 0 Å². The Hall–Kier alpha value is -2.88. The first kappa shape index (κ1) is 25.7. The van der Waals surface area contributed by atoms with Gasteiger partial charge in [0.2, 0.25) is 10.0 Å². The second kappa shape index (κ2) is 11.5. The number of carbonyl (C=O) groups is 1. The third-order valence-electron chi connectivity index (χ3n) is 5.98. The molecule has 2 aromatic carbocycles. The molecule has 2 aromatic rings. The second-order valence-electron chi connectivity index (χ2n) is 8.39. The van der Waals surface area contributed by atoms with Crippen LogP contribution in [0.25, 0.3) is 0 Å². The molecule has 0 spiro atoms. The van der Waals surface area contributed by atoms with Gasteiger partial charge in [0.25, 0.3) is 5.91 Å². The van der Waals surface area contributed by atoms with E-state index in [-0.39, 0.29) is 23.5 Å². The lowest BCUT2D eigenvalue weighted by molar-refractivity contribution is -0.118. The fourth-order valence-corrected chi connectivity index (χ4v) is 5.31. The fourth-order valence-electron chi connectivity index (χ4n) is 3.90. The lowest BCUT2D eigenvalue weighted by Crippen LogP contribution is -2.44. The molecule has 1 fully saturated rings. The van der Waals surface area contributed by atoms with Crippen molar-refractivity contribution in [3.63, 3.8) is 0 Å². The van der Waals surface area contributed by atoms with Crippen LogP contribution in [0.3, 0.4) is 0 Å². The van der Waals surface area contributed by atoms with Crippen LogP contribution in [0.1, 0.15) is 18.4 Å². The van der Waals surface area contributed by atoms with Crippen molar-refractivity contribution in [2.45, 2.75) is 30.2 Å². The maximum absolute atomic E-state index is 13.0. The Labute approximate surface area is 202 Å². The SMILES string of the molecule is C=CCc1ccc(OCC(=O)Nc2ccc(S(=O)(=O)N(C)C3CCN(C)CC3)cc2)c(OC)c1. The van der Waals surface area contributed by atoms with Crippen molar-refractivity contribution in [3.05, 3.63) is 60.7 Å². The maximum Gasteiger partial charge on any atom is 0.262 e. The monoisotopic (exact) mass is 487 g/mol. The molecule has 1 saturated heterocycles. The van der Waals surface area contributed by atoms with Crippen LogP contribution in [0.2, 0.25) is 0 Å². The molecule has 0 atom stereocenters. The number of carbonyl (C=O) groups excluding carboxylic acids is 1. The molecule has 184 valence electrons. The van der Waals surface area contributed by atoms with Crippen molar-refractivity contribution in [1.82, 2.24) is 9.21 Å². The number of ether oxygens (including phenoxy) is 2. The number of allylic oxidation sites excluding steroid dienone is 1. The molecule has 1 aliphatic rings. The highest BCUT2D eigenvalue weighted by molar-refractivity contribution is 7.89. The molecule has 0 unspecified atom stereocenters. The first-order valence-electron chi connectivity index (χ1n) is 11.2. The van der Waals surface area contributed by atoms with Gasteiger partial charge in [-0.25, -0.2) is 8.42 Å². The number of nitrogens with one attached hydrogen (secondary N) is 1. The van der Waals surface area contributed by atoms with Crippen LogP contribution in [0, 0.1) is 0 Å². The molecule has 0 aromatic heterocycles. The number of amides is 1. The molecule has 0 radical (unpaired) electrons. The predicted molar refractivity (Wildman–Crippen MR) is 133 cm³/mol. The van der Waals surface area contributed by atoms with Crippen LogP contribution >= 0.6 is 0 Å². The quantitative estimate of drug-likeness (QED) is 0.518. The molecule has 1 N–H and O–H groups in total. The predicted octanol–water partition coefficient (Wildman–Crippen LogP) is 3.16. The van der Waals surface area contributed by atoms with Crippen molar-refractivity contribution >= 4 is 21.6 Å². The highest BCUT2D eigenvalue weighted by atomic mass is 32.2. The van der Waals surface area contributed by atoms with Gasteiger partial charge in [0, 0.05) is 18.8 Å². The van der Waals surface area contributed by atoms with E-state index in [1.54, 1.807) is 38.4 Å². The number of likely N-dealkylation sites (tertiary alicyclic amines) is 1. The number of piperidine rings is 1. The molecule has 34 heavy (non-hydrogen) atoms. The summed E-state index contributed by atoms with van der Waals surface area (Å²) in [6.45, 7) is 5.26. The number of nitrogens with zero attached hydrogens (tertiary/aromatic N) is 2. The molecule has 3 rings (SSSR count). The van der Waals surface area contributed by atoms with Crippen molar-refractivity contribution in [2.24, 2.45) is 0 Å². The minimum absolute atomic E-state index is 0.0134. The minimum atomic E-state index is -3.61. The largest absolute Gasteiger partial charge is 0.493 e. The van der Waals surface area contributed by atoms with E-state index in [1.807, 2.05) is 19.2 Å². The zero-order valence-corrected chi connectivity index (χ0v) is 20.8. The Kier molecular flexibility index (Phi) is 8.71. The summed E-state index contributed by atoms with van der Waals surface area (Å²) in [5, 5.41) is 2.73. The lowest BCUT2D eigenvalue weighted by Gasteiger charge is -2.34.